The number of amides is 1. The van der Waals surface area contributed by atoms with E-state index in [4.69, 9.17) is 0 Å². The van der Waals surface area contributed by atoms with Crippen molar-refractivity contribution in [2.75, 3.05) is 10.2 Å². The Morgan fingerprint density at radius 1 is 1.03 bits per heavy atom. The van der Waals surface area contributed by atoms with Gasteiger partial charge in [0.25, 0.3) is 0 Å². The number of nitrogens with zero attached hydrogens (tertiary/aromatic N) is 2. The molecule has 0 bridgehead atoms. The number of benzene rings is 2. The fourth-order valence-electron chi connectivity index (χ4n) is 6.41. The van der Waals surface area contributed by atoms with Crippen LogP contribution in [0.4, 0.5) is 11.4 Å². The van der Waals surface area contributed by atoms with Crippen LogP contribution in [0, 0.1) is 18.3 Å². The molecule has 0 unspecified atom stereocenters. The van der Waals surface area contributed by atoms with Gasteiger partial charge in [0.1, 0.15) is 17.2 Å². The molecular weight excluding hydrogens is 462 g/mol. The lowest BCUT2D eigenvalue weighted by Gasteiger charge is -2.38. The minimum Gasteiger partial charge on any atom is -0.352 e. The average Bonchev–Trinajstić information content (AvgIpc) is 3.35. The van der Waals surface area contributed by atoms with Gasteiger partial charge in [-0.05, 0) is 48.4 Å². The average molecular weight is 492 g/mol. The number of anilines is 2. The van der Waals surface area contributed by atoms with E-state index in [1.165, 1.54) is 0 Å². The second-order valence-corrected chi connectivity index (χ2v) is 11.3. The number of ketones is 2. The zero-order chi connectivity index (χ0) is 26.1. The van der Waals surface area contributed by atoms with E-state index in [9.17, 15) is 14.4 Å². The standard InChI is InChI=1S/C31H29N3O3/c1-18-12-14-23-19(17-18)13-15-24-31(20-9-5-6-10-21(20)33-29(31)37)25(27(35)22-11-7-8-16-32-22)26(34(23)24)28(36)30(2,3)4/h5-17,24-26H,1-4H3,(H,33,37)/t24-,25-,26-,31+/m1/s1. The van der Waals surface area contributed by atoms with Crippen LogP contribution in [0.15, 0.2) is 72.9 Å². The minimum atomic E-state index is -1.30. The maximum Gasteiger partial charge on any atom is 0.238 e. The molecule has 3 aliphatic rings. The highest BCUT2D eigenvalue weighted by molar-refractivity contribution is 6.16. The Hall–Kier alpha value is -4.06. The Bertz CT molecular complexity index is 1490. The molecule has 3 aliphatic heterocycles. The highest BCUT2D eigenvalue weighted by Gasteiger charge is 2.70. The van der Waals surface area contributed by atoms with Gasteiger partial charge in [0.05, 0.1) is 12.0 Å². The SMILES string of the molecule is Cc1ccc2c(c1)C=C[C@H]1N2[C@@H](C(=O)C(C)(C)C)[C@H](C(=O)c2ccccn2)[C@@]12C(=O)Nc1ccccc12. The van der Waals surface area contributed by atoms with Crippen LogP contribution < -0.4 is 10.2 Å². The van der Waals surface area contributed by atoms with E-state index in [2.05, 4.69) is 16.4 Å². The Morgan fingerprint density at radius 2 is 1.78 bits per heavy atom. The van der Waals surface area contributed by atoms with Crippen molar-refractivity contribution in [3.8, 4) is 0 Å². The number of aryl methyl sites for hydroxylation is 1. The summed E-state index contributed by atoms with van der Waals surface area (Å²) in [5, 5.41) is 3.05. The number of hydrogen-bond acceptors (Lipinski definition) is 5. The second kappa shape index (κ2) is 7.97. The zero-order valence-electron chi connectivity index (χ0n) is 21.4. The summed E-state index contributed by atoms with van der Waals surface area (Å²) in [6.45, 7) is 7.64. The molecule has 1 aromatic heterocycles. The van der Waals surface area contributed by atoms with E-state index in [0.717, 1.165) is 22.4 Å². The summed E-state index contributed by atoms with van der Waals surface area (Å²) in [5.41, 5.74) is 2.55. The molecule has 6 nitrogen and oxygen atoms in total. The summed E-state index contributed by atoms with van der Waals surface area (Å²) in [6, 6.07) is 17.4. The molecule has 1 saturated heterocycles. The third-order valence-electron chi connectivity index (χ3n) is 8.00. The molecule has 37 heavy (non-hydrogen) atoms. The summed E-state index contributed by atoms with van der Waals surface area (Å²) in [6.07, 6.45) is 5.59. The normalized spacial score (nSPS) is 25.5. The Labute approximate surface area is 216 Å². The first-order valence-corrected chi connectivity index (χ1v) is 12.6. The molecule has 1 amide bonds. The fourth-order valence-corrected chi connectivity index (χ4v) is 6.41. The molecule has 2 aromatic carbocycles. The number of carbonyl (C=O) groups excluding carboxylic acids is 3. The maximum atomic E-state index is 14.5. The molecule has 4 heterocycles. The van der Waals surface area contributed by atoms with Crippen LogP contribution in [0.25, 0.3) is 6.08 Å². The van der Waals surface area contributed by atoms with Gasteiger partial charge in [-0.15, -0.1) is 0 Å². The van der Waals surface area contributed by atoms with Crippen LogP contribution >= 0.6 is 0 Å². The molecule has 3 aromatic rings. The summed E-state index contributed by atoms with van der Waals surface area (Å²) in [7, 11) is 0. The van der Waals surface area contributed by atoms with Gasteiger partial charge in [-0.25, -0.2) is 0 Å². The first kappa shape index (κ1) is 23.3. The van der Waals surface area contributed by atoms with Gasteiger partial charge in [-0.2, -0.15) is 0 Å². The molecule has 1 N–H and O–H groups in total. The summed E-state index contributed by atoms with van der Waals surface area (Å²) < 4.78 is 0. The molecule has 1 fully saturated rings. The maximum absolute atomic E-state index is 14.5. The van der Waals surface area contributed by atoms with Crippen LogP contribution in [0.3, 0.4) is 0 Å². The van der Waals surface area contributed by atoms with Crippen molar-refractivity contribution < 1.29 is 14.4 Å². The molecule has 6 rings (SSSR count). The molecule has 186 valence electrons. The number of pyridine rings is 1. The summed E-state index contributed by atoms with van der Waals surface area (Å²) >= 11 is 0. The monoisotopic (exact) mass is 491 g/mol. The van der Waals surface area contributed by atoms with Gasteiger partial charge in [0.15, 0.2) is 11.6 Å². The molecule has 4 atom stereocenters. The predicted molar refractivity (Wildman–Crippen MR) is 144 cm³/mol. The largest absolute Gasteiger partial charge is 0.352 e. The van der Waals surface area contributed by atoms with Crippen LogP contribution in [-0.2, 0) is 15.0 Å². The van der Waals surface area contributed by atoms with Crippen LogP contribution in [-0.4, -0.2) is 34.5 Å². The Kier molecular flexibility index (Phi) is 5.03. The number of Topliss-reactive ketones (excluding diaryl/α,β-unsaturated/α-hetero) is 2. The molecule has 6 heteroatoms. The number of aromatic nitrogens is 1. The quantitative estimate of drug-likeness (QED) is 0.523. The highest BCUT2D eigenvalue weighted by atomic mass is 16.2. The van der Waals surface area contributed by atoms with E-state index in [0.29, 0.717) is 5.69 Å². The molecule has 1 spiro atoms. The van der Waals surface area contributed by atoms with Gasteiger partial charge in [0, 0.05) is 23.0 Å². The van der Waals surface area contributed by atoms with Gasteiger partial charge in [-0.1, -0.05) is 68.8 Å². The van der Waals surface area contributed by atoms with Gasteiger partial charge >= 0.3 is 0 Å². The molecule has 0 aliphatic carbocycles. The number of hydrogen-bond donors (Lipinski definition) is 1. The van der Waals surface area contributed by atoms with E-state index in [1.54, 1.807) is 24.4 Å². The Morgan fingerprint density at radius 3 is 2.51 bits per heavy atom. The lowest BCUT2D eigenvalue weighted by molar-refractivity contribution is -0.128. The minimum absolute atomic E-state index is 0.0809. The van der Waals surface area contributed by atoms with Gasteiger partial charge < -0.3 is 10.2 Å². The topological polar surface area (TPSA) is 79.4 Å². The van der Waals surface area contributed by atoms with Crippen molar-refractivity contribution in [2.45, 2.75) is 45.2 Å². The first-order chi connectivity index (χ1) is 17.7. The smallest absolute Gasteiger partial charge is 0.238 e. The van der Waals surface area contributed by atoms with Gasteiger partial charge in [-0.3, -0.25) is 19.4 Å². The second-order valence-electron chi connectivity index (χ2n) is 11.3. The van der Waals surface area contributed by atoms with E-state index < -0.39 is 28.8 Å². The van der Waals surface area contributed by atoms with Crippen LogP contribution in [0.2, 0.25) is 0 Å². The predicted octanol–water partition coefficient (Wildman–Crippen LogP) is 4.98. The van der Waals surface area contributed by atoms with Crippen LogP contribution in [0.1, 0.15) is 48.0 Å². The summed E-state index contributed by atoms with van der Waals surface area (Å²) in [5.74, 6) is -1.61. The van der Waals surface area contributed by atoms with Crippen molar-refractivity contribution in [1.82, 2.24) is 4.98 Å². The highest BCUT2D eigenvalue weighted by Crippen LogP contribution is 2.58. The third kappa shape index (κ3) is 3.18. The van der Waals surface area contributed by atoms with Crippen molar-refractivity contribution in [2.24, 2.45) is 11.3 Å². The number of rotatable bonds is 3. The van der Waals surface area contributed by atoms with Crippen molar-refractivity contribution >= 4 is 34.9 Å². The fraction of sp³-hybridized carbons (Fsp3) is 0.290. The first-order valence-electron chi connectivity index (χ1n) is 12.6. The summed E-state index contributed by atoms with van der Waals surface area (Å²) in [4.78, 5) is 49.4. The van der Waals surface area contributed by atoms with E-state index >= 15 is 0 Å². The zero-order valence-corrected chi connectivity index (χ0v) is 21.4. The van der Waals surface area contributed by atoms with Crippen molar-refractivity contribution in [3.05, 3.63) is 95.3 Å². The number of carbonyl (C=O) groups is 3. The molecule has 0 radical (unpaired) electrons. The number of nitrogens with one attached hydrogen (secondary N) is 1. The lowest BCUT2D eigenvalue weighted by Crippen LogP contribution is -2.51. The number of para-hydroxylation sites is 1. The van der Waals surface area contributed by atoms with E-state index in [1.807, 2.05) is 81.1 Å². The van der Waals surface area contributed by atoms with Gasteiger partial charge in [0.2, 0.25) is 5.91 Å². The molecular formula is C31H29N3O3. The third-order valence-corrected chi connectivity index (χ3v) is 8.00. The Balaban J connectivity index is 1.69. The molecule has 0 saturated carbocycles. The lowest BCUT2D eigenvalue weighted by atomic mass is 9.63. The van der Waals surface area contributed by atoms with Crippen molar-refractivity contribution in [3.63, 3.8) is 0 Å². The van der Waals surface area contributed by atoms with Crippen molar-refractivity contribution in [1.29, 1.82) is 0 Å². The van der Waals surface area contributed by atoms with E-state index in [-0.39, 0.29) is 23.2 Å². The number of fused-ring (bicyclic) bond motifs is 6. The van der Waals surface area contributed by atoms with Crippen LogP contribution in [0.5, 0.6) is 0 Å².